The van der Waals surface area contributed by atoms with E-state index in [1.54, 1.807) is 0 Å². The molecule has 0 unspecified atom stereocenters. The molecule has 0 aliphatic carbocycles. The quantitative estimate of drug-likeness (QED) is 0.830. The van der Waals surface area contributed by atoms with Crippen molar-refractivity contribution in [2.75, 3.05) is 10.5 Å². The highest BCUT2D eigenvalue weighted by Gasteiger charge is 2.30. The first-order chi connectivity index (χ1) is 8.10. The van der Waals surface area contributed by atoms with E-state index in [0.717, 1.165) is 12.1 Å². The second-order valence-corrected chi connectivity index (χ2v) is 5.65. The zero-order valence-corrected chi connectivity index (χ0v) is 10.5. The number of hydrogen-bond donors (Lipinski definition) is 2. The van der Waals surface area contributed by atoms with Gasteiger partial charge in [0.25, 0.3) is 0 Å². The van der Waals surface area contributed by atoms with Gasteiger partial charge in [-0.3, -0.25) is 4.72 Å². The van der Waals surface area contributed by atoms with Crippen LogP contribution in [0.25, 0.3) is 0 Å². The lowest BCUT2D eigenvalue weighted by molar-refractivity contribution is -0.137. The van der Waals surface area contributed by atoms with Crippen LogP contribution in [0, 0.1) is 0 Å². The molecule has 0 saturated carbocycles. The Morgan fingerprint density at radius 3 is 2.50 bits per heavy atom. The fourth-order valence-electron chi connectivity index (χ4n) is 1.16. The lowest BCUT2D eigenvalue weighted by Gasteiger charge is -2.10. The number of nitrogens with two attached hydrogens (primary N) is 1. The van der Waals surface area contributed by atoms with E-state index in [1.807, 2.05) is 4.72 Å². The smallest absolute Gasteiger partial charge is 0.392 e. The minimum absolute atomic E-state index is 0.193. The first kappa shape index (κ1) is 14.7. The van der Waals surface area contributed by atoms with Crippen molar-refractivity contribution in [2.45, 2.75) is 6.18 Å². The molecule has 0 fully saturated rings. The number of sulfonamides is 1. The van der Waals surface area contributed by atoms with Gasteiger partial charge in [0.1, 0.15) is 5.75 Å². The molecule has 3 N–H and O–H groups in total. The highest BCUT2D eigenvalue weighted by Crippen LogP contribution is 2.30. The molecule has 0 aliphatic heterocycles. The first-order valence-electron chi connectivity index (χ1n) is 4.56. The predicted molar refractivity (Wildman–Crippen MR) is 65.6 cm³/mol. The minimum atomic E-state index is -4.54. The number of anilines is 1. The van der Waals surface area contributed by atoms with Crippen LogP contribution >= 0.6 is 12.2 Å². The average Bonchev–Trinajstić information content (AvgIpc) is 2.13. The molecule has 0 aliphatic rings. The molecule has 0 spiro atoms. The Labute approximate surface area is 107 Å². The van der Waals surface area contributed by atoms with Crippen LogP contribution in [0.1, 0.15) is 5.56 Å². The molecular weight excluding hydrogens is 289 g/mol. The number of hydrogen-bond acceptors (Lipinski definition) is 3. The molecule has 18 heavy (non-hydrogen) atoms. The molecule has 0 saturated heterocycles. The highest BCUT2D eigenvalue weighted by molar-refractivity contribution is 7.95. The van der Waals surface area contributed by atoms with Crippen LogP contribution in [-0.4, -0.2) is 19.2 Å². The third-order valence-corrected chi connectivity index (χ3v) is 3.36. The summed E-state index contributed by atoms with van der Waals surface area (Å²) in [6.45, 7) is 0. The fourth-order valence-corrected chi connectivity index (χ4v) is 2.56. The number of benzene rings is 1. The Balaban J connectivity index is 2.96. The highest BCUT2D eigenvalue weighted by atomic mass is 32.2. The van der Waals surface area contributed by atoms with Crippen LogP contribution in [0.4, 0.5) is 18.9 Å². The summed E-state index contributed by atoms with van der Waals surface area (Å²) < 4.78 is 62.0. The number of thiocarbonyl (C=S) groups is 1. The van der Waals surface area contributed by atoms with Gasteiger partial charge in [0, 0.05) is 5.69 Å². The predicted octanol–water partition coefficient (Wildman–Crippen LogP) is 1.73. The molecule has 1 aromatic rings. The summed E-state index contributed by atoms with van der Waals surface area (Å²) in [6.07, 6.45) is -4.54. The number of nitrogens with one attached hydrogen (secondary N) is 1. The van der Waals surface area contributed by atoms with Crippen molar-refractivity contribution in [1.82, 2.24) is 0 Å². The standard InChI is InChI=1S/C9H9F3N2O2S2/c10-9(11,12)6-2-1-3-7(4-6)14-18(15,16)5-8(13)17/h1-4,14H,5H2,(H2,13,17). The second kappa shape index (κ2) is 5.11. The van der Waals surface area contributed by atoms with Crippen molar-refractivity contribution in [3.8, 4) is 0 Å². The maximum atomic E-state index is 12.4. The van der Waals surface area contributed by atoms with Gasteiger partial charge in [0.2, 0.25) is 10.0 Å². The van der Waals surface area contributed by atoms with E-state index in [1.165, 1.54) is 6.07 Å². The number of alkyl halides is 3. The molecular formula is C9H9F3N2O2S2. The summed E-state index contributed by atoms with van der Waals surface area (Å²) >= 11 is 4.42. The van der Waals surface area contributed by atoms with Crippen molar-refractivity contribution in [3.63, 3.8) is 0 Å². The summed E-state index contributed by atoms with van der Waals surface area (Å²) in [7, 11) is -3.88. The molecule has 100 valence electrons. The van der Waals surface area contributed by atoms with E-state index >= 15 is 0 Å². The normalized spacial score (nSPS) is 12.2. The van der Waals surface area contributed by atoms with Crippen molar-refractivity contribution in [2.24, 2.45) is 5.73 Å². The van der Waals surface area contributed by atoms with Gasteiger partial charge in [0.05, 0.1) is 10.6 Å². The van der Waals surface area contributed by atoms with Crippen molar-refractivity contribution >= 4 is 32.9 Å². The number of halogens is 3. The molecule has 0 bridgehead atoms. The topological polar surface area (TPSA) is 72.2 Å². The number of rotatable bonds is 4. The van der Waals surface area contributed by atoms with E-state index in [9.17, 15) is 21.6 Å². The summed E-state index contributed by atoms with van der Waals surface area (Å²) in [6, 6.07) is 3.83. The summed E-state index contributed by atoms with van der Waals surface area (Å²) in [4.78, 5) is -0.269. The third-order valence-electron chi connectivity index (χ3n) is 1.80. The molecule has 9 heteroatoms. The van der Waals surface area contributed by atoms with E-state index in [4.69, 9.17) is 5.73 Å². The van der Waals surface area contributed by atoms with Gasteiger partial charge in [-0.2, -0.15) is 13.2 Å². The van der Waals surface area contributed by atoms with Gasteiger partial charge >= 0.3 is 6.18 Å². The molecule has 1 aromatic carbocycles. The van der Waals surface area contributed by atoms with Crippen LogP contribution in [0.5, 0.6) is 0 Å². The lowest BCUT2D eigenvalue weighted by Crippen LogP contribution is -2.26. The van der Waals surface area contributed by atoms with Crippen molar-refractivity contribution in [1.29, 1.82) is 0 Å². The SMILES string of the molecule is NC(=S)CS(=O)(=O)Nc1cccc(C(F)(F)F)c1. The molecule has 0 heterocycles. The van der Waals surface area contributed by atoms with Gasteiger partial charge in [-0.15, -0.1) is 0 Å². The largest absolute Gasteiger partial charge is 0.416 e. The van der Waals surface area contributed by atoms with E-state index < -0.39 is 27.5 Å². The lowest BCUT2D eigenvalue weighted by atomic mass is 10.2. The molecule has 0 aromatic heterocycles. The third kappa shape index (κ3) is 4.49. The summed E-state index contributed by atoms with van der Waals surface area (Å²) in [5.41, 5.74) is 3.92. The van der Waals surface area contributed by atoms with Gasteiger partial charge in [0.15, 0.2) is 0 Å². The Bertz CT molecular complexity index is 555. The van der Waals surface area contributed by atoms with Crippen molar-refractivity contribution < 1.29 is 21.6 Å². The molecule has 1 rings (SSSR count). The summed E-state index contributed by atoms with van der Waals surface area (Å²) in [5, 5.41) is 0. The fraction of sp³-hybridized carbons (Fsp3) is 0.222. The first-order valence-corrected chi connectivity index (χ1v) is 6.62. The molecule has 0 radical (unpaired) electrons. The Kier molecular flexibility index (Phi) is 4.17. The Morgan fingerprint density at radius 2 is 2.00 bits per heavy atom. The van der Waals surface area contributed by atoms with Crippen LogP contribution < -0.4 is 10.5 Å². The van der Waals surface area contributed by atoms with Crippen LogP contribution in [0.2, 0.25) is 0 Å². The zero-order valence-electron chi connectivity index (χ0n) is 8.86. The monoisotopic (exact) mass is 298 g/mol. The van der Waals surface area contributed by atoms with E-state index in [-0.39, 0.29) is 10.7 Å². The van der Waals surface area contributed by atoms with Gasteiger partial charge in [-0.1, -0.05) is 18.3 Å². The van der Waals surface area contributed by atoms with Crippen LogP contribution in [0.3, 0.4) is 0 Å². The maximum Gasteiger partial charge on any atom is 0.416 e. The zero-order chi connectivity index (χ0) is 14.0. The second-order valence-electron chi connectivity index (χ2n) is 3.41. The van der Waals surface area contributed by atoms with E-state index in [2.05, 4.69) is 12.2 Å². The van der Waals surface area contributed by atoms with Gasteiger partial charge in [-0.05, 0) is 18.2 Å². The summed E-state index contributed by atoms with van der Waals surface area (Å²) in [5.74, 6) is -0.626. The van der Waals surface area contributed by atoms with Crippen LogP contribution in [-0.2, 0) is 16.2 Å². The average molecular weight is 298 g/mol. The molecule has 0 amide bonds. The van der Waals surface area contributed by atoms with Crippen molar-refractivity contribution in [3.05, 3.63) is 29.8 Å². The van der Waals surface area contributed by atoms with E-state index in [0.29, 0.717) is 6.07 Å². The van der Waals surface area contributed by atoms with Gasteiger partial charge < -0.3 is 5.73 Å². The Morgan fingerprint density at radius 1 is 1.39 bits per heavy atom. The minimum Gasteiger partial charge on any atom is -0.392 e. The van der Waals surface area contributed by atoms with Crippen LogP contribution in [0.15, 0.2) is 24.3 Å². The molecule has 4 nitrogen and oxygen atoms in total. The van der Waals surface area contributed by atoms with Gasteiger partial charge in [-0.25, -0.2) is 8.42 Å². The maximum absolute atomic E-state index is 12.4. The molecule has 0 atom stereocenters. The Hall–Kier alpha value is -1.35.